The van der Waals surface area contributed by atoms with Gasteiger partial charge in [0.2, 0.25) is 5.91 Å². The van der Waals surface area contributed by atoms with Crippen LogP contribution in [0.2, 0.25) is 5.02 Å². The standard InChI is InChI=1S/C24H26ClN3O3S/c1-2-31-24(30)23(17-7-9-18(25)10-8-17)28-15-13-27(14-16-28)22(29)12-11-21-26-19-5-3-4-6-20(19)32-21/h3-10,23H,2,11-16H2,1H3. The van der Waals surface area contributed by atoms with E-state index in [1.54, 1.807) is 30.4 Å². The van der Waals surface area contributed by atoms with Crippen LogP contribution in [-0.2, 0) is 20.7 Å². The van der Waals surface area contributed by atoms with Gasteiger partial charge in [-0.2, -0.15) is 0 Å². The lowest BCUT2D eigenvalue weighted by molar-refractivity contribution is -0.151. The molecule has 3 aromatic rings. The van der Waals surface area contributed by atoms with E-state index >= 15 is 0 Å². The normalized spacial score (nSPS) is 15.6. The lowest BCUT2D eigenvalue weighted by atomic mass is 10.0. The first-order valence-electron chi connectivity index (χ1n) is 10.8. The second kappa shape index (κ2) is 10.4. The predicted molar refractivity (Wildman–Crippen MR) is 127 cm³/mol. The van der Waals surface area contributed by atoms with Crippen LogP contribution < -0.4 is 0 Å². The van der Waals surface area contributed by atoms with Gasteiger partial charge in [-0.25, -0.2) is 9.78 Å². The number of hydrogen-bond donors (Lipinski definition) is 0. The smallest absolute Gasteiger partial charge is 0.328 e. The van der Waals surface area contributed by atoms with Crippen molar-refractivity contribution in [3.05, 3.63) is 64.1 Å². The van der Waals surface area contributed by atoms with Crippen molar-refractivity contribution in [1.29, 1.82) is 0 Å². The van der Waals surface area contributed by atoms with Gasteiger partial charge in [0.25, 0.3) is 0 Å². The number of ether oxygens (including phenoxy) is 1. The maximum atomic E-state index is 12.8. The number of nitrogens with zero attached hydrogens (tertiary/aromatic N) is 3. The summed E-state index contributed by atoms with van der Waals surface area (Å²) in [6, 6.07) is 14.8. The second-order valence-electron chi connectivity index (χ2n) is 7.70. The Morgan fingerprint density at radius 3 is 2.50 bits per heavy atom. The molecule has 0 aliphatic carbocycles. The van der Waals surface area contributed by atoms with Crippen molar-refractivity contribution in [1.82, 2.24) is 14.8 Å². The van der Waals surface area contributed by atoms with E-state index in [-0.39, 0.29) is 11.9 Å². The lowest BCUT2D eigenvalue weighted by Crippen LogP contribution is -2.51. The highest BCUT2D eigenvalue weighted by molar-refractivity contribution is 7.18. The SMILES string of the molecule is CCOC(=O)C(c1ccc(Cl)cc1)N1CCN(C(=O)CCc2nc3ccccc3s2)CC1. The zero-order chi connectivity index (χ0) is 22.5. The molecule has 0 N–H and O–H groups in total. The van der Waals surface area contributed by atoms with Gasteiger partial charge in [0.1, 0.15) is 6.04 Å². The molecule has 0 radical (unpaired) electrons. The number of hydrogen-bond acceptors (Lipinski definition) is 6. The molecule has 2 aromatic carbocycles. The van der Waals surface area contributed by atoms with Crippen molar-refractivity contribution in [3.63, 3.8) is 0 Å². The molecule has 0 bridgehead atoms. The van der Waals surface area contributed by atoms with E-state index in [2.05, 4.69) is 16.0 Å². The molecule has 2 heterocycles. The number of amides is 1. The van der Waals surface area contributed by atoms with Crippen LogP contribution in [0.25, 0.3) is 10.2 Å². The fourth-order valence-electron chi connectivity index (χ4n) is 3.99. The number of aromatic nitrogens is 1. The number of halogens is 1. The third-order valence-corrected chi connectivity index (χ3v) is 6.97. The van der Waals surface area contributed by atoms with Crippen molar-refractivity contribution in [2.45, 2.75) is 25.8 Å². The summed E-state index contributed by atoms with van der Waals surface area (Å²) in [7, 11) is 0. The summed E-state index contributed by atoms with van der Waals surface area (Å²) >= 11 is 7.66. The van der Waals surface area contributed by atoms with Gasteiger partial charge in [0.05, 0.1) is 21.8 Å². The summed E-state index contributed by atoms with van der Waals surface area (Å²) in [5, 5.41) is 1.61. The van der Waals surface area contributed by atoms with Gasteiger partial charge >= 0.3 is 5.97 Å². The van der Waals surface area contributed by atoms with Crippen molar-refractivity contribution < 1.29 is 14.3 Å². The first kappa shape index (κ1) is 22.7. The van der Waals surface area contributed by atoms with Crippen molar-refractivity contribution in [3.8, 4) is 0 Å². The van der Waals surface area contributed by atoms with E-state index in [9.17, 15) is 9.59 Å². The van der Waals surface area contributed by atoms with Crippen LogP contribution in [0.5, 0.6) is 0 Å². The van der Waals surface area contributed by atoms with Crippen LogP contribution in [0.15, 0.2) is 48.5 Å². The van der Waals surface area contributed by atoms with E-state index in [1.165, 1.54) is 0 Å². The fourth-order valence-corrected chi connectivity index (χ4v) is 5.08. The van der Waals surface area contributed by atoms with Gasteiger partial charge < -0.3 is 9.64 Å². The fraction of sp³-hybridized carbons (Fsp3) is 0.375. The van der Waals surface area contributed by atoms with Crippen molar-refractivity contribution >= 4 is 45.0 Å². The molecule has 1 unspecified atom stereocenters. The van der Waals surface area contributed by atoms with Gasteiger partial charge in [0, 0.05) is 44.0 Å². The molecular formula is C24H26ClN3O3S. The summed E-state index contributed by atoms with van der Waals surface area (Å²) in [5.41, 5.74) is 1.84. The van der Waals surface area contributed by atoms with Gasteiger partial charge in [0.15, 0.2) is 0 Å². The minimum Gasteiger partial charge on any atom is -0.465 e. The maximum absolute atomic E-state index is 12.8. The number of aryl methyl sites for hydroxylation is 1. The number of carbonyl (C=O) groups is 2. The summed E-state index contributed by atoms with van der Waals surface area (Å²) < 4.78 is 6.48. The second-order valence-corrected chi connectivity index (χ2v) is 9.25. The zero-order valence-corrected chi connectivity index (χ0v) is 19.6. The molecule has 1 fully saturated rings. The molecule has 0 spiro atoms. The summed E-state index contributed by atoms with van der Waals surface area (Å²) in [4.78, 5) is 34.1. The molecular weight excluding hydrogens is 446 g/mol. The molecule has 168 valence electrons. The van der Waals surface area contributed by atoms with E-state index in [0.717, 1.165) is 20.8 Å². The lowest BCUT2D eigenvalue weighted by Gasteiger charge is -2.38. The molecule has 6 nitrogen and oxygen atoms in total. The van der Waals surface area contributed by atoms with E-state index in [4.69, 9.17) is 16.3 Å². The maximum Gasteiger partial charge on any atom is 0.328 e. The van der Waals surface area contributed by atoms with Crippen LogP contribution in [-0.4, -0.2) is 59.4 Å². The molecule has 1 atom stereocenters. The predicted octanol–water partition coefficient (Wildman–Crippen LogP) is 4.33. The number of fused-ring (bicyclic) bond motifs is 1. The van der Waals surface area contributed by atoms with Crippen molar-refractivity contribution in [2.24, 2.45) is 0 Å². The van der Waals surface area contributed by atoms with E-state index in [0.29, 0.717) is 50.7 Å². The average molecular weight is 472 g/mol. The number of para-hydroxylation sites is 1. The number of piperazine rings is 1. The van der Waals surface area contributed by atoms with E-state index < -0.39 is 6.04 Å². The third kappa shape index (κ3) is 5.28. The van der Waals surface area contributed by atoms with Gasteiger partial charge in [-0.15, -0.1) is 11.3 Å². The summed E-state index contributed by atoms with van der Waals surface area (Å²) in [5.74, 6) is -0.145. The summed E-state index contributed by atoms with van der Waals surface area (Å²) in [6.07, 6.45) is 1.09. The minimum atomic E-state index is -0.493. The van der Waals surface area contributed by atoms with Crippen LogP contribution in [0.3, 0.4) is 0 Å². The minimum absolute atomic E-state index is 0.128. The van der Waals surface area contributed by atoms with Gasteiger partial charge in [-0.1, -0.05) is 35.9 Å². The Bertz CT molecular complexity index is 1040. The first-order chi connectivity index (χ1) is 15.5. The molecule has 1 aromatic heterocycles. The number of benzene rings is 2. The Morgan fingerprint density at radius 1 is 1.09 bits per heavy atom. The van der Waals surface area contributed by atoms with Gasteiger partial charge in [-0.3, -0.25) is 9.69 Å². The molecule has 1 saturated heterocycles. The topological polar surface area (TPSA) is 62.7 Å². The first-order valence-corrected chi connectivity index (χ1v) is 12.0. The zero-order valence-electron chi connectivity index (χ0n) is 18.0. The van der Waals surface area contributed by atoms with Crippen LogP contribution in [0.4, 0.5) is 0 Å². The Hall–Kier alpha value is -2.48. The molecule has 4 rings (SSSR count). The highest BCUT2D eigenvalue weighted by Crippen LogP contribution is 2.26. The third-order valence-electron chi connectivity index (χ3n) is 5.62. The molecule has 8 heteroatoms. The Balaban J connectivity index is 1.35. The molecule has 1 amide bonds. The quantitative estimate of drug-likeness (QED) is 0.480. The average Bonchev–Trinajstić information content (AvgIpc) is 3.23. The Kier molecular flexibility index (Phi) is 7.40. The number of carbonyl (C=O) groups excluding carboxylic acids is 2. The molecule has 32 heavy (non-hydrogen) atoms. The molecule has 0 saturated carbocycles. The van der Waals surface area contributed by atoms with Crippen LogP contribution in [0.1, 0.15) is 30.0 Å². The van der Waals surface area contributed by atoms with E-state index in [1.807, 2.05) is 35.2 Å². The highest BCUT2D eigenvalue weighted by atomic mass is 35.5. The monoisotopic (exact) mass is 471 g/mol. The Labute approximate surface area is 196 Å². The number of thiazole rings is 1. The molecule has 1 aliphatic heterocycles. The Morgan fingerprint density at radius 2 is 1.81 bits per heavy atom. The largest absolute Gasteiger partial charge is 0.465 e. The van der Waals surface area contributed by atoms with Gasteiger partial charge in [-0.05, 0) is 36.8 Å². The summed E-state index contributed by atoms with van der Waals surface area (Å²) in [6.45, 7) is 4.52. The van der Waals surface area contributed by atoms with Crippen LogP contribution >= 0.6 is 22.9 Å². The number of rotatable bonds is 7. The van der Waals surface area contributed by atoms with Crippen LogP contribution in [0, 0.1) is 0 Å². The highest BCUT2D eigenvalue weighted by Gasteiger charge is 2.32. The number of esters is 1. The molecule has 1 aliphatic rings. The van der Waals surface area contributed by atoms with Crippen molar-refractivity contribution in [2.75, 3.05) is 32.8 Å².